The van der Waals surface area contributed by atoms with Gasteiger partial charge in [-0.15, -0.1) is 0 Å². The van der Waals surface area contributed by atoms with E-state index in [1.54, 1.807) is 12.0 Å². The summed E-state index contributed by atoms with van der Waals surface area (Å²) in [5.41, 5.74) is 0. The van der Waals surface area contributed by atoms with Gasteiger partial charge in [0.15, 0.2) is 0 Å². The lowest BCUT2D eigenvalue weighted by Crippen LogP contribution is -2.39. The molecule has 94 valence electrons. The molecule has 0 radical (unpaired) electrons. The fourth-order valence-corrected chi connectivity index (χ4v) is 1.33. The average molecular weight is 231 g/mol. The molecule has 0 aromatic rings. The van der Waals surface area contributed by atoms with Crippen molar-refractivity contribution in [1.82, 2.24) is 4.90 Å². The first-order valence-electron chi connectivity index (χ1n) is 5.42. The van der Waals surface area contributed by atoms with Crippen LogP contribution in [0.15, 0.2) is 0 Å². The zero-order valence-corrected chi connectivity index (χ0v) is 10.4. The van der Waals surface area contributed by atoms with E-state index in [1.807, 2.05) is 20.8 Å². The summed E-state index contributed by atoms with van der Waals surface area (Å²) < 4.78 is 5.01. The zero-order valence-electron chi connectivity index (χ0n) is 10.4. The van der Waals surface area contributed by atoms with E-state index in [4.69, 9.17) is 9.84 Å². The van der Waals surface area contributed by atoms with Gasteiger partial charge in [0, 0.05) is 19.7 Å². The van der Waals surface area contributed by atoms with Crippen LogP contribution in [0.5, 0.6) is 0 Å². The topological polar surface area (TPSA) is 66.8 Å². The fourth-order valence-electron chi connectivity index (χ4n) is 1.33. The van der Waals surface area contributed by atoms with Crippen LogP contribution in [-0.2, 0) is 14.3 Å². The minimum absolute atomic E-state index is 0.0101. The average Bonchev–Trinajstić information content (AvgIpc) is 2.16. The molecule has 0 bridgehead atoms. The van der Waals surface area contributed by atoms with E-state index in [9.17, 15) is 9.59 Å². The second-order valence-electron chi connectivity index (χ2n) is 4.08. The van der Waals surface area contributed by atoms with Gasteiger partial charge in [0.2, 0.25) is 5.91 Å². The molecule has 5 nitrogen and oxygen atoms in total. The first-order valence-corrected chi connectivity index (χ1v) is 5.42. The highest BCUT2D eigenvalue weighted by molar-refractivity contribution is 5.77. The van der Waals surface area contributed by atoms with Crippen molar-refractivity contribution in [2.45, 2.75) is 45.8 Å². The number of carboxylic acids is 1. The Labute approximate surface area is 96.4 Å². The van der Waals surface area contributed by atoms with Gasteiger partial charge in [-0.05, 0) is 20.8 Å². The van der Waals surface area contributed by atoms with Crippen LogP contribution in [0.1, 0.15) is 33.6 Å². The van der Waals surface area contributed by atoms with Crippen molar-refractivity contribution in [2.24, 2.45) is 0 Å². The summed E-state index contributed by atoms with van der Waals surface area (Å²) >= 11 is 0. The molecule has 0 aliphatic heterocycles. The second kappa shape index (κ2) is 7.22. The molecule has 16 heavy (non-hydrogen) atoms. The Hall–Kier alpha value is -1.10. The van der Waals surface area contributed by atoms with Crippen LogP contribution >= 0.6 is 0 Å². The number of hydrogen-bond acceptors (Lipinski definition) is 3. The zero-order chi connectivity index (χ0) is 12.7. The Morgan fingerprint density at radius 1 is 1.31 bits per heavy atom. The first kappa shape index (κ1) is 14.9. The maximum atomic E-state index is 11.8. The van der Waals surface area contributed by atoms with Gasteiger partial charge in [-0.2, -0.15) is 0 Å². The monoisotopic (exact) mass is 231 g/mol. The number of carbonyl (C=O) groups is 2. The van der Waals surface area contributed by atoms with Gasteiger partial charge < -0.3 is 14.7 Å². The molecule has 0 heterocycles. The normalized spacial score (nSPS) is 12.6. The summed E-state index contributed by atoms with van der Waals surface area (Å²) in [5, 5.41) is 8.59. The lowest BCUT2D eigenvalue weighted by molar-refractivity contribution is -0.139. The molecule has 0 rings (SSSR count). The SMILES string of the molecule is COC(C)CC(=O)N(CCC(=O)O)C(C)C. The molecule has 0 aliphatic rings. The van der Waals surface area contributed by atoms with Crippen LogP contribution in [0.3, 0.4) is 0 Å². The van der Waals surface area contributed by atoms with E-state index in [2.05, 4.69) is 0 Å². The maximum absolute atomic E-state index is 11.8. The van der Waals surface area contributed by atoms with Crippen LogP contribution in [0.4, 0.5) is 0 Å². The predicted molar refractivity (Wildman–Crippen MR) is 60.2 cm³/mol. The van der Waals surface area contributed by atoms with Crippen LogP contribution in [-0.4, -0.2) is 47.7 Å². The molecule has 0 aromatic carbocycles. The maximum Gasteiger partial charge on any atom is 0.305 e. The molecule has 1 amide bonds. The minimum atomic E-state index is -0.891. The van der Waals surface area contributed by atoms with Crippen molar-refractivity contribution in [2.75, 3.05) is 13.7 Å². The van der Waals surface area contributed by atoms with Gasteiger partial charge >= 0.3 is 5.97 Å². The Morgan fingerprint density at radius 2 is 1.88 bits per heavy atom. The summed E-state index contributed by atoms with van der Waals surface area (Å²) in [6, 6.07) is 0.0101. The Balaban J connectivity index is 4.29. The quantitative estimate of drug-likeness (QED) is 0.713. The van der Waals surface area contributed by atoms with Crippen molar-refractivity contribution >= 4 is 11.9 Å². The van der Waals surface area contributed by atoms with Crippen molar-refractivity contribution in [3.8, 4) is 0 Å². The van der Waals surface area contributed by atoms with Crippen LogP contribution in [0.2, 0.25) is 0 Å². The number of rotatable bonds is 7. The van der Waals surface area contributed by atoms with E-state index in [-0.39, 0.29) is 37.4 Å². The fraction of sp³-hybridized carbons (Fsp3) is 0.818. The van der Waals surface area contributed by atoms with E-state index in [0.29, 0.717) is 0 Å². The Morgan fingerprint density at radius 3 is 2.25 bits per heavy atom. The van der Waals surface area contributed by atoms with E-state index in [0.717, 1.165) is 0 Å². The van der Waals surface area contributed by atoms with E-state index >= 15 is 0 Å². The summed E-state index contributed by atoms with van der Waals surface area (Å²) in [4.78, 5) is 23.9. The van der Waals surface area contributed by atoms with Gasteiger partial charge in [-0.25, -0.2) is 0 Å². The highest BCUT2D eigenvalue weighted by atomic mass is 16.5. The molecule has 1 atom stereocenters. The number of carboxylic acid groups (broad SMARTS) is 1. The number of nitrogens with zero attached hydrogens (tertiary/aromatic N) is 1. The summed E-state index contributed by atoms with van der Waals surface area (Å²) in [6.07, 6.45) is 0.123. The molecule has 0 saturated heterocycles. The minimum Gasteiger partial charge on any atom is -0.481 e. The second-order valence-corrected chi connectivity index (χ2v) is 4.08. The number of carbonyl (C=O) groups excluding carboxylic acids is 1. The lowest BCUT2D eigenvalue weighted by atomic mass is 10.2. The smallest absolute Gasteiger partial charge is 0.305 e. The van der Waals surface area contributed by atoms with Gasteiger partial charge in [0.05, 0.1) is 18.9 Å². The number of amides is 1. The molecule has 0 aromatic heterocycles. The summed E-state index contributed by atoms with van der Waals surface area (Å²) in [6.45, 7) is 5.81. The van der Waals surface area contributed by atoms with Gasteiger partial charge in [-0.1, -0.05) is 0 Å². The van der Waals surface area contributed by atoms with E-state index in [1.165, 1.54) is 0 Å². The Kier molecular flexibility index (Phi) is 6.72. The van der Waals surface area contributed by atoms with E-state index < -0.39 is 5.97 Å². The predicted octanol–water partition coefficient (Wildman–Crippen LogP) is 1.12. The van der Waals surface area contributed by atoms with Gasteiger partial charge in [0.1, 0.15) is 0 Å². The molecule has 5 heteroatoms. The number of ether oxygens (including phenoxy) is 1. The van der Waals surface area contributed by atoms with Gasteiger partial charge in [0.25, 0.3) is 0 Å². The van der Waals surface area contributed by atoms with Crippen molar-refractivity contribution < 1.29 is 19.4 Å². The third-order valence-corrected chi connectivity index (χ3v) is 2.37. The highest BCUT2D eigenvalue weighted by Crippen LogP contribution is 2.06. The third-order valence-electron chi connectivity index (χ3n) is 2.37. The van der Waals surface area contributed by atoms with Crippen molar-refractivity contribution in [3.63, 3.8) is 0 Å². The number of hydrogen-bond donors (Lipinski definition) is 1. The van der Waals surface area contributed by atoms with Crippen LogP contribution in [0, 0.1) is 0 Å². The highest BCUT2D eigenvalue weighted by Gasteiger charge is 2.19. The molecular formula is C11H21NO4. The molecule has 0 spiro atoms. The van der Waals surface area contributed by atoms with Crippen LogP contribution < -0.4 is 0 Å². The standard InChI is InChI=1S/C11H21NO4/c1-8(2)12(6-5-11(14)15)10(13)7-9(3)16-4/h8-9H,5-7H2,1-4H3,(H,14,15). The first-order chi connectivity index (χ1) is 7.38. The summed E-state index contributed by atoms with van der Waals surface area (Å²) in [7, 11) is 1.55. The van der Waals surface area contributed by atoms with Gasteiger partial charge in [-0.3, -0.25) is 9.59 Å². The lowest BCUT2D eigenvalue weighted by Gasteiger charge is -2.27. The molecule has 0 fully saturated rings. The molecular weight excluding hydrogens is 210 g/mol. The van der Waals surface area contributed by atoms with Crippen LogP contribution in [0.25, 0.3) is 0 Å². The van der Waals surface area contributed by atoms with Crippen molar-refractivity contribution in [1.29, 1.82) is 0 Å². The number of aliphatic carboxylic acids is 1. The van der Waals surface area contributed by atoms with Crippen molar-refractivity contribution in [3.05, 3.63) is 0 Å². The Bertz CT molecular complexity index is 240. The molecule has 0 saturated carbocycles. The molecule has 1 unspecified atom stereocenters. The molecule has 1 N–H and O–H groups in total. The summed E-state index contributed by atoms with van der Waals surface area (Å²) in [5.74, 6) is -0.955. The number of methoxy groups -OCH3 is 1. The third kappa shape index (κ3) is 5.70. The largest absolute Gasteiger partial charge is 0.481 e. The molecule has 0 aliphatic carbocycles.